The molecular weight excluding hydrogens is 805 g/mol. The molecule has 19 heteroatoms. The Balaban J connectivity index is 1.25. The van der Waals surface area contributed by atoms with Gasteiger partial charge in [0.15, 0.2) is 0 Å². The fourth-order valence-electron chi connectivity index (χ4n) is 7.28. The molecule has 0 amide bonds. The van der Waals surface area contributed by atoms with Gasteiger partial charge in [0.05, 0.1) is 12.7 Å². The first-order chi connectivity index (χ1) is 26.5. The van der Waals surface area contributed by atoms with E-state index in [1.165, 1.54) is 0 Å². The summed E-state index contributed by atoms with van der Waals surface area (Å²) in [6.45, 7) is 2.26. The number of ether oxygens (including phenoxy) is 4. The van der Waals surface area contributed by atoms with Crippen LogP contribution in [0.2, 0.25) is 0 Å². The van der Waals surface area contributed by atoms with Crippen LogP contribution in [0.25, 0.3) is 0 Å². The summed E-state index contributed by atoms with van der Waals surface area (Å²) in [4.78, 5) is 0. The molecule has 1 saturated heterocycles. The van der Waals surface area contributed by atoms with Crippen molar-refractivity contribution in [1.82, 2.24) is 0 Å². The van der Waals surface area contributed by atoms with E-state index < -0.39 is 106 Å². The van der Waals surface area contributed by atoms with Crippen molar-refractivity contribution in [3.05, 3.63) is 106 Å². The zero-order valence-corrected chi connectivity index (χ0v) is 29.6. The number of alkyl halides is 9. The minimum Gasteiger partial charge on any atom is -0.429 e. The van der Waals surface area contributed by atoms with Gasteiger partial charge < -0.3 is 14.2 Å². The van der Waals surface area contributed by atoms with E-state index in [9.17, 15) is 48.3 Å². The molecule has 0 bridgehead atoms. The molecule has 2 fully saturated rings. The molecule has 3 aromatic carbocycles. The van der Waals surface area contributed by atoms with Gasteiger partial charge in [-0.05, 0) is 80.9 Å². The van der Waals surface area contributed by atoms with Crippen molar-refractivity contribution in [2.24, 2.45) is 17.8 Å². The van der Waals surface area contributed by atoms with Crippen LogP contribution in [0.1, 0.15) is 86.6 Å². The molecule has 0 radical (unpaired) electrons. The molecule has 3 aromatic rings. The normalized spacial score (nSPS) is 21.3. The summed E-state index contributed by atoms with van der Waals surface area (Å²) in [5, 5.41) is 0. The number of hydrogen-bond donors (Lipinski definition) is 0. The Morgan fingerprint density at radius 3 is 1.40 bits per heavy atom. The van der Waals surface area contributed by atoms with Crippen molar-refractivity contribution in [2.45, 2.75) is 89.1 Å². The van der Waals surface area contributed by atoms with E-state index in [-0.39, 0.29) is 23.6 Å². The summed E-state index contributed by atoms with van der Waals surface area (Å²) in [5.41, 5.74) is -7.20. The number of halogens is 15. The van der Waals surface area contributed by atoms with E-state index >= 15 is 17.6 Å². The zero-order valence-electron chi connectivity index (χ0n) is 29.6. The molecule has 2 unspecified atom stereocenters. The van der Waals surface area contributed by atoms with Crippen LogP contribution < -0.4 is 9.47 Å². The lowest BCUT2D eigenvalue weighted by atomic mass is 9.72. The molecule has 1 saturated carbocycles. The van der Waals surface area contributed by atoms with Crippen molar-refractivity contribution in [2.75, 3.05) is 6.61 Å². The third-order valence-corrected chi connectivity index (χ3v) is 9.92. The molecule has 2 aliphatic rings. The minimum atomic E-state index is -6.12. The molecule has 57 heavy (non-hydrogen) atoms. The Morgan fingerprint density at radius 2 is 1.00 bits per heavy atom. The molecule has 0 spiro atoms. The third-order valence-electron chi connectivity index (χ3n) is 9.92. The molecule has 2 atom stereocenters. The SMILES string of the molecule is C/C=C/CCC1CCC(C2CCC(c3cc(F)c(C(F)(F)Oc4cc(F)c(C(F)(F)Oc5cc(F)c(C(F)(F)OC(F)(F)F)c(F)c5)c(F)c4)c(F)c3)OC2)CC1. The standard InChI is InChI=1S/C38H33F15O4/c1-2-3-4-5-19-6-8-20(9-7-19)21-10-11-31(54-18-21)22-12-25(39)32(26(40)13-22)35(45,46)55-23-14-27(41)33(28(42)15-23)36(47,48)56-24-16-29(43)34(30(44)17-24)37(49,50)57-38(51,52)53/h2-3,12-17,19-21,31H,4-11,18H2,1H3/b3-2+. The fourth-order valence-corrected chi connectivity index (χ4v) is 7.28. The van der Waals surface area contributed by atoms with Crippen molar-refractivity contribution in [3.63, 3.8) is 0 Å². The second-order valence-electron chi connectivity index (χ2n) is 13.8. The maximum Gasteiger partial charge on any atom is 0.527 e. The largest absolute Gasteiger partial charge is 0.527 e. The van der Waals surface area contributed by atoms with Crippen molar-refractivity contribution in [1.29, 1.82) is 0 Å². The Labute approximate surface area is 315 Å². The van der Waals surface area contributed by atoms with E-state index in [2.05, 4.69) is 20.3 Å². The number of benzene rings is 3. The van der Waals surface area contributed by atoms with Gasteiger partial charge in [0.25, 0.3) is 0 Å². The topological polar surface area (TPSA) is 36.9 Å². The Kier molecular flexibility index (Phi) is 13.1. The lowest BCUT2D eigenvalue weighted by Gasteiger charge is -2.38. The fraction of sp³-hybridized carbons (Fsp3) is 0.474. The molecule has 1 aliphatic carbocycles. The summed E-state index contributed by atoms with van der Waals surface area (Å²) in [6.07, 6.45) is -11.4. The number of hydrogen-bond acceptors (Lipinski definition) is 4. The van der Waals surface area contributed by atoms with Crippen molar-refractivity contribution < 1.29 is 84.8 Å². The van der Waals surface area contributed by atoms with Gasteiger partial charge >= 0.3 is 24.7 Å². The Morgan fingerprint density at radius 1 is 0.579 bits per heavy atom. The number of rotatable bonds is 13. The average Bonchev–Trinajstić information content (AvgIpc) is 3.06. The van der Waals surface area contributed by atoms with E-state index in [1.807, 2.05) is 13.0 Å². The predicted octanol–water partition coefficient (Wildman–Crippen LogP) is 13.0. The van der Waals surface area contributed by atoms with Crippen LogP contribution in [-0.4, -0.2) is 13.0 Å². The Hall–Kier alpha value is -4.13. The van der Waals surface area contributed by atoms with Crippen LogP contribution in [0.4, 0.5) is 65.9 Å². The van der Waals surface area contributed by atoms with E-state index in [0.717, 1.165) is 38.5 Å². The summed E-state index contributed by atoms with van der Waals surface area (Å²) in [5.74, 6) is -15.8. The molecule has 0 N–H and O–H groups in total. The summed E-state index contributed by atoms with van der Waals surface area (Å²) in [6, 6.07) is -0.369. The van der Waals surface area contributed by atoms with Crippen molar-refractivity contribution in [3.8, 4) is 11.5 Å². The molecule has 0 aromatic heterocycles. The van der Waals surface area contributed by atoms with Gasteiger partial charge in [-0.25, -0.2) is 31.1 Å². The molecule has 1 aliphatic heterocycles. The predicted molar refractivity (Wildman–Crippen MR) is 170 cm³/mol. The molecule has 314 valence electrons. The smallest absolute Gasteiger partial charge is 0.429 e. The molecular formula is C38H33F15O4. The van der Waals surface area contributed by atoms with Crippen LogP contribution in [0.3, 0.4) is 0 Å². The Bertz CT molecular complexity index is 1850. The van der Waals surface area contributed by atoms with Gasteiger partial charge in [0.2, 0.25) is 0 Å². The van der Waals surface area contributed by atoms with E-state index in [0.29, 0.717) is 43.4 Å². The van der Waals surface area contributed by atoms with Crippen molar-refractivity contribution >= 4 is 0 Å². The maximum absolute atomic E-state index is 15.1. The molecule has 5 rings (SSSR count). The third kappa shape index (κ3) is 10.5. The first-order valence-corrected chi connectivity index (χ1v) is 17.5. The average molecular weight is 839 g/mol. The van der Waals surface area contributed by atoms with Crippen LogP contribution in [0.15, 0.2) is 48.6 Å². The number of allylic oxidation sites excluding steroid dienone is 2. The highest BCUT2D eigenvalue weighted by molar-refractivity contribution is 5.37. The quantitative estimate of drug-likeness (QED) is 0.127. The monoisotopic (exact) mass is 838 g/mol. The van der Waals surface area contributed by atoms with Gasteiger partial charge in [0, 0.05) is 24.3 Å². The van der Waals surface area contributed by atoms with Gasteiger partial charge in [-0.15, -0.1) is 13.2 Å². The van der Waals surface area contributed by atoms with E-state index in [4.69, 9.17) is 4.74 Å². The summed E-state index contributed by atoms with van der Waals surface area (Å²) < 4.78 is 228. The molecule has 4 nitrogen and oxygen atoms in total. The minimum absolute atomic E-state index is 0.0999. The van der Waals surface area contributed by atoms with Crippen LogP contribution in [-0.2, 0) is 27.8 Å². The lowest BCUT2D eigenvalue weighted by Crippen LogP contribution is -2.30. The van der Waals surface area contributed by atoms with Crippen LogP contribution >= 0.6 is 0 Å². The van der Waals surface area contributed by atoms with Crippen LogP contribution in [0.5, 0.6) is 11.5 Å². The van der Waals surface area contributed by atoms with Gasteiger partial charge in [-0.3, -0.25) is 0 Å². The second-order valence-corrected chi connectivity index (χ2v) is 13.8. The van der Waals surface area contributed by atoms with Gasteiger partial charge in [0.1, 0.15) is 63.1 Å². The summed E-state index contributed by atoms with van der Waals surface area (Å²) >= 11 is 0. The van der Waals surface area contributed by atoms with E-state index in [1.54, 1.807) is 0 Å². The second kappa shape index (κ2) is 17.0. The van der Waals surface area contributed by atoms with Gasteiger partial charge in [-0.1, -0.05) is 25.0 Å². The zero-order chi connectivity index (χ0) is 42.1. The highest BCUT2D eigenvalue weighted by Gasteiger charge is 2.50. The van der Waals surface area contributed by atoms with Gasteiger partial charge in [-0.2, -0.15) is 26.3 Å². The summed E-state index contributed by atoms with van der Waals surface area (Å²) in [7, 11) is 0. The highest BCUT2D eigenvalue weighted by atomic mass is 19.4. The lowest BCUT2D eigenvalue weighted by molar-refractivity contribution is -0.432. The first kappa shape index (κ1) is 44.0. The van der Waals surface area contributed by atoms with Crippen LogP contribution in [0, 0.1) is 52.7 Å². The highest BCUT2D eigenvalue weighted by Crippen LogP contribution is 2.45. The molecule has 1 heterocycles. The first-order valence-electron chi connectivity index (χ1n) is 17.5. The maximum atomic E-state index is 15.1.